The van der Waals surface area contributed by atoms with Gasteiger partial charge in [-0.1, -0.05) is 37.3 Å². The number of carboxylic acid groups (broad SMARTS) is 1. The normalized spacial score (nSPS) is 10.1. The zero-order valence-electron chi connectivity index (χ0n) is 11.8. The average Bonchev–Trinajstić information content (AvgIpc) is 2.52. The lowest BCUT2D eigenvalue weighted by molar-refractivity contribution is 0.0697. The molecule has 0 radical (unpaired) electrons. The smallest absolute Gasteiger partial charge is 0.335 e. The first-order chi connectivity index (χ1) is 10.1. The summed E-state index contributed by atoms with van der Waals surface area (Å²) in [6.45, 7) is 2.50. The topological polar surface area (TPSA) is 66.4 Å². The molecule has 0 unspecified atom stereocenters. The second-order valence-corrected chi connectivity index (χ2v) is 4.69. The number of amides is 1. The quantitative estimate of drug-likeness (QED) is 0.886. The van der Waals surface area contributed by atoms with Crippen molar-refractivity contribution in [3.63, 3.8) is 0 Å². The van der Waals surface area contributed by atoms with Gasteiger partial charge in [0.2, 0.25) is 0 Å². The number of rotatable bonds is 5. The highest BCUT2D eigenvalue weighted by Gasteiger charge is 2.09. The predicted octanol–water partition coefficient (Wildman–Crippen LogP) is 2.88. The van der Waals surface area contributed by atoms with Crippen LogP contribution in [0.2, 0.25) is 0 Å². The molecule has 4 heteroatoms. The van der Waals surface area contributed by atoms with Gasteiger partial charge in [-0.2, -0.15) is 0 Å². The van der Waals surface area contributed by atoms with Gasteiger partial charge < -0.3 is 10.4 Å². The van der Waals surface area contributed by atoms with Crippen molar-refractivity contribution < 1.29 is 14.7 Å². The molecule has 0 aliphatic heterocycles. The molecule has 2 aromatic carbocycles. The third-order valence-corrected chi connectivity index (χ3v) is 3.31. The van der Waals surface area contributed by atoms with E-state index in [-0.39, 0.29) is 11.5 Å². The largest absolute Gasteiger partial charge is 0.478 e. The third kappa shape index (κ3) is 3.69. The van der Waals surface area contributed by atoms with Crippen molar-refractivity contribution in [2.45, 2.75) is 19.9 Å². The monoisotopic (exact) mass is 283 g/mol. The number of hydrogen-bond donors (Lipinski definition) is 2. The molecule has 0 bridgehead atoms. The predicted molar refractivity (Wildman–Crippen MR) is 80.4 cm³/mol. The third-order valence-electron chi connectivity index (χ3n) is 3.31. The molecule has 108 valence electrons. The number of hydrogen-bond acceptors (Lipinski definition) is 2. The minimum Gasteiger partial charge on any atom is -0.478 e. The summed E-state index contributed by atoms with van der Waals surface area (Å²) in [5, 5.41) is 11.8. The van der Waals surface area contributed by atoms with Crippen LogP contribution in [0.5, 0.6) is 0 Å². The van der Waals surface area contributed by atoms with E-state index in [1.54, 1.807) is 12.1 Å². The highest BCUT2D eigenvalue weighted by atomic mass is 16.4. The Labute approximate surface area is 123 Å². The van der Waals surface area contributed by atoms with Crippen LogP contribution in [0, 0.1) is 0 Å². The molecular formula is C17H17NO3. The van der Waals surface area contributed by atoms with Crippen molar-refractivity contribution in [3.05, 3.63) is 70.8 Å². The molecule has 0 aliphatic carbocycles. The first-order valence-corrected chi connectivity index (χ1v) is 6.80. The van der Waals surface area contributed by atoms with Crippen molar-refractivity contribution >= 4 is 11.9 Å². The van der Waals surface area contributed by atoms with E-state index in [0.717, 1.165) is 12.0 Å². The van der Waals surface area contributed by atoms with Crippen LogP contribution in [0.3, 0.4) is 0 Å². The number of aryl methyl sites for hydroxylation is 1. The van der Waals surface area contributed by atoms with Crippen molar-refractivity contribution in [2.24, 2.45) is 0 Å². The van der Waals surface area contributed by atoms with Crippen molar-refractivity contribution in [3.8, 4) is 0 Å². The van der Waals surface area contributed by atoms with Crippen molar-refractivity contribution in [1.29, 1.82) is 0 Å². The fourth-order valence-electron chi connectivity index (χ4n) is 2.15. The van der Waals surface area contributed by atoms with Gasteiger partial charge in [0.15, 0.2) is 0 Å². The van der Waals surface area contributed by atoms with Crippen LogP contribution in [0.15, 0.2) is 48.5 Å². The molecule has 0 aromatic heterocycles. The van der Waals surface area contributed by atoms with E-state index in [1.807, 2.05) is 24.3 Å². The van der Waals surface area contributed by atoms with E-state index in [2.05, 4.69) is 12.2 Å². The number of nitrogens with one attached hydrogen (secondary N) is 1. The van der Waals surface area contributed by atoms with Crippen LogP contribution in [0.4, 0.5) is 0 Å². The van der Waals surface area contributed by atoms with Crippen LogP contribution < -0.4 is 5.32 Å². The molecule has 4 nitrogen and oxygen atoms in total. The molecule has 1 amide bonds. The van der Waals surface area contributed by atoms with E-state index in [9.17, 15) is 9.59 Å². The lowest BCUT2D eigenvalue weighted by atomic mass is 10.1. The number of carboxylic acids is 1. The highest BCUT2D eigenvalue weighted by Crippen LogP contribution is 2.10. The summed E-state index contributed by atoms with van der Waals surface area (Å²) in [5.41, 5.74) is 2.72. The Balaban J connectivity index is 2.08. The van der Waals surface area contributed by atoms with Gasteiger partial charge in [-0.15, -0.1) is 0 Å². The standard InChI is InChI=1S/C17H17NO3/c1-2-12-6-3-4-7-15(12)11-18-16(19)13-8-5-9-14(10-13)17(20)21/h3-10H,2,11H2,1H3,(H,18,19)(H,20,21). The Morgan fingerprint density at radius 2 is 1.67 bits per heavy atom. The summed E-state index contributed by atoms with van der Waals surface area (Å²) in [7, 11) is 0. The van der Waals surface area contributed by atoms with Gasteiger partial charge in [-0.25, -0.2) is 4.79 Å². The van der Waals surface area contributed by atoms with Crippen LogP contribution in [-0.2, 0) is 13.0 Å². The molecule has 2 rings (SSSR count). The van der Waals surface area contributed by atoms with E-state index >= 15 is 0 Å². The van der Waals surface area contributed by atoms with E-state index < -0.39 is 5.97 Å². The highest BCUT2D eigenvalue weighted by molar-refractivity contribution is 5.97. The van der Waals surface area contributed by atoms with Gasteiger partial charge >= 0.3 is 5.97 Å². The zero-order valence-corrected chi connectivity index (χ0v) is 11.8. The molecule has 21 heavy (non-hydrogen) atoms. The van der Waals surface area contributed by atoms with E-state index in [4.69, 9.17) is 5.11 Å². The molecule has 0 aliphatic rings. The van der Waals surface area contributed by atoms with Crippen LogP contribution in [-0.4, -0.2) is 17.0 Å². The first kappa shape index (κ1) is 14.8. The zero-order chi connectivity index (χ0) is 15.2. The van der Waals surface area contributed by atoms with Gasteiger partial charge in [0.25, 0.3) is 5.91 Å². The lowest BCUT2D eigenvalue weighted by Gasteiger charge is -2.09. The SMILES string of the molecule is CCc1ccccc1CNC(=O)c1cccc(C(=O)O)c1. The number of aromatic carboxylic acids is 1. The molecule has 0 heterocycles. The molecule has 0 saturated carbocycles. The van der Waals surface area contributed by atoms with Gasteiger partial charge in [-0.3, -0.25) is 4.79 Å². The second kappa shape index (κ2) is 6.70. The summed E-state index contributed by atoms with van der Waals surface area (Å²) in [4.78, 5) is 23.0. The average molecular weight is 283 g/mol. The Hall–Kier alpha value is -2.62. The molecule has 2 N–H and O–H groups in total. The first-order valence-electron chi connectivity index (χ1n) is 6.80. The molecule has 0 saturated heterocycles. The van der Waals surface area contributed by atoms with Crippen LogP contribution in [0.25, 0.3) is 0 Å². The van der Waals surface area contributed by atoms with Gasteiger partial charge in [0, 0.05) is 12.1 Å². The van der Waals surface area contributed by atoms with Crippen LogP contribution in [0.1, 0.15) is 38.8 Å². The number of carbonyl (C=O) groups is 2. The lowest BCUT2D eigenvalue weighted by Crippen LogP contribution is -2.23. The number of carbonyl (C=O) groups excluding carboxylic acids is 1. The summed E-state index contributed by atoms with van der Waals surface area (Å²) in [6.07, 6.45) is 0.903. The molecule has 0 spiro atoms. The fraction of sp³-hybridized carbons (Fsp3) is 0.176. The summed E-state index contributed by atoms with van der Waals surface area (Å²) in [5.74, 6) is -1.31. The van der Waals surface area contributed by atoms with Crippen molar-refractivity contribution in [2.75, 3.05) is 0 Å². The Kier molecular flexibility index (Phi) is 4.72. The Bertz CT molecular complexity index is 665. The van der Waals surface area contributed by atoms with Gasteiger partial charge in [0.05, 0.1) is 5.56 Å². The molecule has 2 aromatic rings. The summed E-state index contributed by atoms with van der Waals surface area (Å²) >= 11 is 0. The Morgan fingerprint density at radius 3 is 2.33 bits per heavy atom. The van der Waals surface area contributed by atoms with E-state index in [1.165, 1.54) is 17.7 Å². The molecule has 0 atom stereocenters. The van der Waals surface area contributed by atoms with Crippen molar-refractivity contribution in [1.82, 2.24) is 5.32 Å². The minimum absolute atomic E-state index is 0.108. The summed E-state index contributed by atoms with van der Waals surface area (Å²) in [6, 6.07) is 13.9. The molecular weight excluding hydrogens is 266 g/mol. The maximum absolute atomic E-state index is 12.1. The Morgan fingerprint density at radius 1 is 1.00 bits per heavy atom. The summed E-state index contributed by atoms with van der Waals surface area (Å²) < 4.78 is 0. The van der Waals surface area contributed by atoms with Gasteiger partial charge in [0.1, 0.15) is 0 Å². The maximum Gasteiger partial charge on any atom is 0.335 e. The van der Waals surface area contributed by atoms with Crippen LogP contribution >= 0.6 is 0 Å². The minimum atomic E-state index is -1.04. The fourth-order valence-corrected chi connectivity index (χ4v) is 2.15. The maximum atomic E-state index is 12.1. The van der Waals surface area contributed by atoms with Gasteiger partial charge in [-0.05, 0) is 35.7 Å². The molecule has 0 fully saturated rings. The second-order valence-electron chi connectivity index (χ2n) is 4.69. The number of benzene rings is 2. The van der Waals surface area contributed by atoms with E-state index in [0.29, 0.717) is 12.1 Å².